The number of anilines is 2. The predicted molar refractivity (Wildman–Crippen MR) is 85.6 cm³/mol. The van der Waals surface area contributed by atoms with Crippen LogP contribution in [-0.2, 0) is 4.79 Å². The summed E-state index contributed by atoms with van der Waals surface area (Å²) in [6.45, 7) is 5.83. The average molecular weight is 284 g/mol. The minimum absolute atomic E-state index is 0.0197. The van der Waals surface area contributed by atoms with E-state index in [9.17, 15) is 4.79 Å². The third-order valence-corrected chi connectivity index (χ3v) is 3.23. The van der Waals surface area contributed by atoms with Crippen molar-refractivity contribution in [2.75, 3.05) is 17.7 Å². The maximum Gasteiger partial charge on any atom is 0.262 e. The summed E-state index contributed by atoms with van der Waals surface area (Å²) in [4.78, 5) is 12.0. The van der Waals surface area contributed by atoms with Gasteiger partial charge in [-0.3, -0.25) is 4.79 Å². The summed E-state index contributed by atoms with van der Waals surface area (Å²) >= 11 is 0. The second-order valence-corrected chi connectivity index (χ2v) is 5.18. The van der Waals surface area contributed by atoms with Crippen molar-refractivity contribution in [3.63, 3.8) is 0 Å². The van der Waals surface area contributed by atoms with Gasteiger partial charge in [-0.05, 0) is 61.7 Å². The molecule has 2 aromatic carbocycles. The molecule has 0 bridgehead atoms. The molecule has 3 N–H and O–H groups in total. The molecule has 0 unspecified atom stereocenters. The number of rotatable bonds is 4. The lowest BCUT2D eigenvalue weighted by Gasteiger charge is -2.12. The van der Waals surface area contributed by atoms with Crippen LogP contribution >= 0.6 is 0 Å². The fourth-order valence-corrected chi connectivity index (χ4v) is 2.02. The van der Waals surface area contributed by atoms with E-state index in [1.54, 1.807) is 12.1 Å². The van der Waals surface area contributed by atoms with E-state index in [0.717, 1.165) is 28.1 Å². The number of nitrogens with one attached hydrogen (secondary N) is 1. The van der Waals surface area contributed by atoms with Crippen molar-refractivity contribution in [2.24, 2.45) is 0 Å². The van der Waals surface area contributed by atoms with E-state index in [0.29, 0.717) is 5.69 Å². The van der Waals surface area contributed by atoms with Gasteiger partial charge in [0.05, 0.1) is 0 Å². The van der Waals surface area contributed by atoms with Crippen LogP contribution < -0.4 is 15.8 Å². The first kappa shape index (κ1) is 14.9. The number of aryl methyl sites for hydroxylation is 3. The molecule has 0 radical (unpaired) electrons. The first-order chi connectivity index (χ1) is 9.95. The molecule has 4 heteroatoms. The van der Waals surface area contributed by atoms with Gasteiger partial charge in [0.25, 0.3) is 5.91 Å². The van der Waals surface area contributed by atoms with Crippen LogP contribution in [0.1, 0.15) is 16.7 Å². The van der Waals surface area contributed by atoms with Crippen LogP contribution in [0.2, 0.25) is 0 Å². The first-order valence-corrected chi connectivity index (χ1v) is 6.82. The zero-order valence-electron chi connectivity index (χ0n) is 12.6. The molecule has 0 aromatic heterocycles. The van der Waals surface area contributed by atoms with Gasteiger partial charge in [0.2, 0.25) is 0 Å². The molecule has 0 saturated carbocycles. The average Bonchev–Trinajstić information content (AvgIpc) is 2.43. The fourth-order valence-electron chi connectivity index (χ4n) is 2.02. The molecule has 0 aliphatic rings. The standard InChI is InChI=1S/C17H20N2O2/c1-11-4-5-12(2)16(8-11)21-10-17(20)19-15-7-6-14(18)9-13(15)3/h4-9H,10,18H2,1-3H3,(H,19,20). The van der Waals surface area contributed by atoms with E-state index in [2.05, 4.69) is 5.32 Å². The summed E-state index contributed by atoms with van der Waals surface area (Å²) < 4.78 is 5.58. The van der Waals surface area contributed by atoms with Crippen molar-refractivity contribution in [3.8, 4) is 5.75 Å². The van der Waals surface area contributed by atoms with Crippen molar-refractivity contribution >= 4 is 17.3 Å². The molecule has 1 amide bonds. The van der Waals surface area contributed by atoms with Gasteiger partial charge in [0.15, 0.2) is 6.61 Å². The monoisotopic (exact) mass is 284 g/mol. The predicted octanol–water partition coefficient (Wildman–Crippen LogP) is 3.21. The number of nitrogen functional groups attached to an aromatic ring is 1. The second kappa shape index (κ2) is 6.31. The van der Waals surface area contributed by atoms with Crippen LogP contribution in [-0.4, -0.2) is 12.5 Å². The van der Waals surface area contributed by atoms with Crippen molar-refractivity contribution in [1.29, 1.82) is 0 Å². The normalized spacial score (nSPS) is 10.2. The quantitative estimate of drug-likeness (QED) is 0.847. The van der Waals surface area contributed by atoms with Crippen molar-refractivity contribution in [1.82, 2.24) is 0 Å². The van der Waals surface area contributed by atoms with Gasteiger partial charge in [0.1, 0.15) is 5.75 Å². The largest absolute Gasteiger partial charge is 0.483 e. The zero-order chi connectivity index (χ0) is 15.4. The number of amides is 1. The molecule has 2 rings (SSSR count). The van der Waals surface area contributed by atoms with E-state index >= 15 is 0 Å². The first-order valence-electron chi connectivity index (χ1n) is 6.82. The van der Waals surface area contributed by atoms with Gasteiger partial charge in [-0.15, -0.1) is 0 Å². The highest BCUT2D eigenvalue weighted by molar-refractivity contribution is 5.92. The van der Waals surface area contributed by atoms with Crippen LogP contribution in [0.3, 0.4) is 0 Å². The van der Waals surface area contributed by atoms with Crippen LogP contribution in [0.5, 0.6) is 5.75 Å². The number of carbonyl (C=O) groups excluding carboxylic acids is 1. The van der Waals surface area contributed by atoms with Crippen molar-refractivity contribution in [3.05, 3.63) is 53.1 Å². The Morgan fingerprint density at radius 1 is 1.10 bits per heavy atom. The van der Waals surface area contributed by atoms with E-state index < -0.39 is 0 Å². The van der Waals surface area contributed by atoms with E-state index in [1.165, 1.54) is 0 Å². The van der Waals surface area contributed by atoms with Crippen molar-refractivity contribution in [2.45, 2.75) is 20.8 Å². The smallest absolute Gasteiger partial charge is 0.262 e. The highest BCUT2D eigenvalue weighted by Crippen LogP contribution is 2.20. The third kappa shape index (κ3) is 3.99. The molecule has 0 heterocycles. The number of hydrogen-bond acceptors (Lipinski definition) is 3. The Hall–Kier alpha value is -2.49. The number of ether oxygens (including phenoxy) is 1. The van der Waals surface area contributed by atoms with Gasteiger partial charge in [-0.25, -0.2) is 0 Å². The molecule has 0 spiro atoms. The summed E-state index contributed by atoms with van der Waals surface area (Å²) in [7, 11) is 0. The molecule has 110 valence electrons. The van der Waals surface area contributed by atoms with Crippen LogP contribution in [0.4, 0.5) is 11.4 Å². The molecular weight excluding hydrogens is 264 g/mol. The maximum absolute atomic E-state index is 12.0. The Morgan fingerprint density at radius 2 is 1.86 bits per heavy atom. The molecule has 0 atom stereocenters. The van der Waals surface area contributed by atoms with E-state index in [-0.39, 0.29) is 12.5 Å². The van der Waals surface area contributed by atoms with Gasteiger partial charge in [0, 0.05) is 11.4 Å². The highest BCUT2D eigenvalue weighted by atomic mass is 16.5. The highest BCUT2D eigenvalue weighted by Gasteiger charge is 2.07. The molecular formula is C17H20N2O2. The van der Waals surface area contributed by atoms with Gasteiger partial charge in [-0.1, -0.05) is 12.1 Å². The Labute approximate surface area is 124 Å². The molecule has 0 aliphatic heterocycles. The van der Waals surface area contributed by atoms with Gasteiger partial charge in [-0.2, -0.15) is 0 Å². The lowest BCUT2D eigenvalue weighted by Crippen LogP contribution is -2.21. The molecule has 0 fully saturated rings. The third-order valence-electron chi connectivity index (χ3n) is 3.23. The lowest BCUT2D eigenvalue weighted by atomic mass is 10.1. The Bertz CT molecular complexity index is 666. The summed E-state index contributed by atoms with van der Waals surface area (Å²) in [6.07, 6.45) is 0. The van der Waals surface area contributed by atoms with Gasteiger partial charge >= 0.3 is 0 Å². The van der Waals surface area contributed by atoms with Gasteiger partial charge < -0.3 is 15.8 Å². The van der Waals surface area contributed by atoms with Crippen molar-refractivity contribution < 1.29 is 9.53 Å². The summed E-state index contributed by atoms with van der Waals surface area (Å²) in [5.74, 6) is 0.544. The lowest BCUT2D eigenvalue weighted by molar-refractivity contribution is -0.118. The van der Waals surface area contributed by atoms with E-state index in [1.807, 2.05) is 45.0 Å². The molecule has 2 aromatic rings. The summed E-state index contributed by atoms with van der Waals surface area (Å²) in [5, 5.41) is 2.82. The summed E-state index contributed by atoms with van der Waals surface area (Å²) in [6, 6.07) is 11.3. The van der Waals surface area contributed by atoms with E-state index in [4.69, 9.17) is 10.5 Å². The molecule has 0 saturated heterocycles. The topological polar surface area (TPSA) is 64.3 Å². The van der Waals surface area contributed by atoms with Crippen LogP contribution in [0, 0.1) is 20.8 Å². The second-order valence-electron chi connectivity index (χ2n) is 5.18. The Kier molecular flexibility index (Phi) is 4.48. The van der Waals surface area contributed by atoms with Crippen LogP contribution in [0.25, 0.3) is 0 Å². The van der Waals surface area contributed by atoms with Crippen LogP contribution in [0.15, 0.2) is 36.4 Å². The SMILES string of the molecule is Cc1ccc(C)c(OCC(=O)Nc2ccc(N)cc2C)c1. The molecule has 0 aliphatic carbocycles. The number of nitrogens with two attached hydrogens (primary N) is 1. The Morgan fingerprint density at radius 3 is 2.57 bits per heavy atom. The Balaban J connectivity index is 1.97. The zero-order valence-corrected chi connectivity index (χ0v) is 12.6. The number of carbonyl (C=O) groups is 1. The minimum Gasteiger partial charge on any atom is -0.483 e. The summed E-state index contributed by atoms with van der Waals surface area (Å²) in [5.41, 5.74) is 10.2. The molecule has 4 nitrogen and oxygen atoms in total. The fraction of sp³-hybridized carbons (Fsp3) is 0.235. The molecule has 21 heavy (non-hydrogen) atoms. The number of hydrogen-bond donors (Lipinski definition) is 2. The maximum atomic E-state index is 12.0. The number of benzene rings is 2. The minimum atomic E-state index is -0.191.